The number of fused-ring (bicyclic) bond motifs is 1. The van der Waals surface area contributed by atoms with Gasteiger partial charge in [-0.2, -0.15) is 0 Å². The second-order valence-electron chi connectivity index (χ2n) is 8.73. The van der Waals surface area contributed by atoms with Gasteiger partial charge in [-0.1, -0.05) is 55.6 Å². The Morgan fingerprint density at radius 3 is 2.54 bits per heavy atom. The van der Waals surface area contributed by atoms with Gasteiger partial charge in [0, 0.05) is 35.5 Å². The molecule has 4 rings (SSSR count). The Kier molecular flexibility index (Phi) is 8.42. The van der Waals surface area contributed by atoms with Gasteiger partial charge in [-0.05, 0) is 42.2 Å². The van der Waals surface area contributed by atoms with Gasteiger partial charge in [-0.25, -0.2) is 0 Å². The predicted octanol–water partition coefficient (Wildman–Crippen LogP) is 6.65. The number of halogens is 1. The molecule has 0 atom stereocenters. The summed E-state index contributed by atoms with van der Waals surface area (Å²) in [4.78, 5) is 17.1. The zero-order valence-electron chi connectivity index (χ0n) is 19.9. The number of benzene rings is 2. The Morgan fingerprint density at radius 2 is 1.83 bits per heavy atom. The van der Waals surface area contributed by atoms with Gasteiger partial charge in [-0.3, -0.25) is 9.78 Å². The van der Waals surface area contributed by atoms with E-state index in [0.29, 0.717) is 51.8 Å². The van der Waals surface area contributed by atoms with Crippen molar-refractivity contribution in [3.05, 3.63) is 53.2 Å². The Balaban J connectivity index is 1.40. The molecule has 0 radical (unpaired) electrons. The molecule has 1 aliphatic rings. The fourth-order valence-electron chi connectivity index (χ4n) is 4.47. The maximum Gasteiger partial charge on any atom is 0.224 e. The number of amides is 1. The average Bonchev–Trinajstić information content (AvgIpc) is 3.37. The van der Waals surface area contributed by atoms with Crippen LogP contribution < -0.4 is 19.5 Å². The van der Waals surface area contributed by atoms with Gasteiger partial charge in [0.2, 0.25) is 5.91 Å². The highest BCUT2D eigenvalue weighted by atomic mass is 35.5. The summed E-state index contributed by atoms with van der Waals surface area (Å²) >= 11 is 11.9. The topological polar surface area (TPSA) is 69.7 Å². The van der Waals surface area contributed by atoms with Crippen molar-refractivity contribution in [1.82, 2.24) is 10.3 Å². The summed E-state index contributed by atoms with van der Waals surface area (Å²) in [6.45, 7) is 0. The largest absolute Gasteiger partial charge is 0.493 e. The van der Waals surface area contributed by atoms with Gasteiger partial charge in [0.25, 0.3) is 0 Å². The normalized spacial score (nSPS) is 13.6. The number of nitrogens with one attached hydrogen (secondary N) is 1. The quantitative estimate of drug-likeness (QED) is 0.323. The zero-order valence-corrected chi connectivity index (χ0v) is 21.5. The zero-order chi connectivity index (χ0) is 24.8. The Labute approximate surface area is 215 Å². The number of carbonyl (C=O) groups is 1. The molecule has 1 amide bonds. The molecule has 1 aliphatic carbocycles. The van der Waals surface area contributed by atoms with Crippen LogP contribution in [0.2, 0.25) is 5.02 Å². The third kappa shape index (κ3) is 6.41. The minimum atomic E-state index is -0.0189. The molecule has 1 N–H and O–H groups in total. The first kappa shape index (κ1) is 25.2. The summed E-state index contributed by atoms with van der Waals surface area (Å²) in [7, 11) is 3.17. The summed E-state index contributed by atoms with van der Waals surface area (Å²) in [5.74, 6) is 3.03. The van der Waals surface area contributed by atoms with Crippen molar-refractivity contribution in [3.8, 4) is 23.0 Å². The van der Waals surface area contributed by atoms with Crippen molar-refractivity contribution in [2.75, 3.05) is 14.2 Å². The molecule has 184 valence electrons. The van der Waals surface area contributed by atoms with Crippen LogP contribution in [0.4, 0.5) is 0 Å². The van der Waals surface area contributed by atoms with Gasteiger partial charge in [0.15, 0.2) is 11.5 Å². The van der Waals surface area contributed by atoms with E-state index in [9.17, 15) is 4.79 Å². The van der Waals surface area contributed by atoms with Gasteiger partial charge < -0.3 is 19.5 Å². The van der Waals surface area contributed by atoms with Gasteiger partial charge in [-0.15, -0.1) is 0 Å². The van der Waals surface area contributed by atoms with E-state index < -0.39 is 0 Å². The van der Waals surface area contributed by atoms with E-state index in [2.05, 4.69) is 10.3 Å². The van der Waals surface area contributed by atoms with Crippen LogP contribution in [0.1, 0.15) is 44.1 Å². The molecule has 3 aromatic rings. The first-order chi connectivity index (χ1) is 17.0. The molecular weight excluding hydrogens is 484 g/mol. The third-order valence-electron chi connectivity index (χ3n) is 6.34. The van der Waals surface area contributed by atoms with Crippen LogP contribution in [0.5, 0.6) is 23.0 Å². The number of carbonyl (C=O) groups excluding carboxylic acids is 1. The summed E-state index contributed by atoms with van der Waals surface area (Å²) < 4.78 is 16.9. The van der Waals surface area contributed by atoms with Crippen LogP contribution in [-0.4, -0.2) is 30.1 Å². The fourth-order valence-corrected chi connectivity index (χ4v) is 4.97. The Hall–Kier alpha value is -2.90. The van der Waals surface area contributed by atoms with E-state index in [1.807, 2.05) is 18.2 Å². The number of aromatic nitrogens is 1. The van der Waals surface area contributed by atoms with Crippen molar-refractivity contribution in [1.29, 1.82) is 0 Å². The fraction of sp³-hybridized carbons (Fsp3) is 0.370. The van der Waals surface area contributed by atoms with E-state index >= 15 is 0 Å². The van der Waals surface area contributed by atoms with Crippen molar-refractivity contribution in [3.63, 3.8) is 0 Å². The van der Waals surface area contributed by atoms with E-state index in [-0.39, 0.29) is 5.91 Å². The van der Waals surface area contributed by atoms with E-state index in [4.69, 9.17) is 38.0 Å². The monoisotopic (exact) mass is 512 g/mol. The van der Waals surface area contributed by atoms with Gasteiger partial charge >= 0.3 is 0 Å². The molecular formula is C27H29ClN2O4S. The number of ether oxygens (including phenoxy) is 3. The molecule has 0 bridgehead atoms. The smallest absolute Gasteiger partial charge is 0.224 e. The number of methoxy groups -OCH3 is 2. The lowest BCUT2D eigenvalue weighted by Gasteiger charge is -2.13. The van der Waals surface area contributed by atoms with E-state index in [0.717, 1.165) is 22.9 Å². The molecule has 8 heteroatoms. The third-order valence-corrected chi connectivity index (χ3v) is 6.94. The number of pyridine rings is 1. The van der Waals surface area contributed by atoms with Crippen LogP contribution >= 0.6 is 23.8 Å². The summed E-state index contributed by atoms with van der Waals surface area (Å²) in [6.07, 6.45) is 8.54. The van der Waals surface area contributed by atoms with Crippen LogP contribution in [-0.2, 0) is 11.2 Å². The molecule has 6 nitrogen and oxygen atoms in total. The molecule has 35 heavy (non-hydrogen) atoms. The molecule has 1 saturated carbocycles. The van der Waals surface area contributed by atoms with Crippen molar-refractivity contribution in [2.45, 2.75) is 44.9 Å². The van der Waals surface area contributed by atoms with Crippen molar-refractivity contribution < 1.29 is 19.0 Å². The lowest BCUT2D eigenvalue weighted by atomic mass is 10.0. The number of rotatable bonds is 9. The predicted molar refractivity (Wildman–Crippen MR) is 142 cm³/mol. The summed E-state index contributed by atoms with van der Waals surface area (Å²) in [5, 5.41) is 4.15. The maximum absolute atomic E-state index is 12.3. The van der Waals surface area contributed by atoms with Gasteiger partial charge in [0.05, 0.1) is 24.7 Å². The van der Waals surface area contributed by atoms with E-state index in [1.54, 1.807) is 38.6 Å². The highest BCUT2D eigenvalue weighted by molar-refractivity contribution is 7.80. The SMILES string of the molecule is COc1cc2nccc(Oc3ccc(CC(=S)NC(=O)CCC4CCCC4)c(Cl)c3)c2cc1OC. The molecule has 0 spiro atoms. The summed E-state index contributed by atoms with van der Waals surface area (Å²) in [6, 6.07) is 10.9. The molecule has 0 saturated heterocycles. The van der Waals surface area contributed by atoms with E-state index in [1.165, 1.54) is 25.7 Å². The lowest BCUT2D eigenvalue weighted by Crippen LogP contribution is -2.30. The maximum atomic E-state index is 12.3. The average molecular weight is 513 g/mol. The first-order valence-electron chi connectivity index (χ1n) is 11.8. The highest BCUT2D eigenvalue weighted by Crippen LogP contribution is 2.37. The minimum Gasteiger partial charge on any atom is -0.493 e. The Bertz CT molecular complexity index is 1230. The Morgan fingerprint density at radius 1 is 1.09 bits per heavy atom. The van der Waals surface area contributed by atoms with Crippen molar-refractivity contribution in [2.24, 2.45) is 5.92 Å². The highest BCUT2D eigenvalue weighted by Gasteiger charge is 2.17. The van der Waals surface area contributed by atoms with Crippen LogP contribution in [0.3, 0.4) is 0 Å². The number of hydrogen-bond donors (Lipinski definition) is 1. The standard InChI is InChI=1S/C27H29ClN2O4S/c1-32-24-15-20-22(16-25(24)33-2)29-12-11-23(20)34-19-9-8-18(21(28)14-19)13-27(35)30-26(31)10-7-17-5-3-4-6-17/h8-9,11-12,14-17H,3-7,10,13H2,1-2H3,(H,30,31,35). The molecule has 2 aromatic carbocycles. The van der Waals surface area contributed by atoms with Crippen molar-refractivity contribution >= 4 is 45.6 Å². The molecule has 0 aliphatic heterocycles. The minimum absolute atomic E-state index is 0.0189. The van der Waals surface area contributed by atoms with Crippen LogP contribution in [0, 0.1) is 5.92 Å². The second kappa shape index (κ2) is 11.7. The molecule has 1 heterocycles. The molecule has 1 aromatic heterocycles. The number of hydrogen-bond acceptors (Lipinski definition) is 6. The molecule has 1 fully saturated rings. The number of thiocarbonyl (C=S) groups is 1. The first-order valence-corrected chi connectivity index (χ1v) is 12.5. The van der Waals surface area contributed by atoms with Crippen LogP contribution in [0.15, 0.2) is 42.6 Å². The number of nitrogens with zero attached hydrogens (tertiary/aromatic N) is 1. The van der Waals surface area contributed by atoms with Crippen LogP contribution in [0.25, 0.3) is 10.9 Å². The molecule has 0 unspecified atom stereocenters. The lowest BCUT2D eigenvalue weighted by molar-refractivity contribution is -0.119. The second-order valence-corrected chi connectivity index (χ2v) is 9.63. The van der Waals surface area contributed by atoms with Gasteiger partial charge in [0.1, 0.15) is 11.5 Å². The summed E-state index contributed by atoms with van der Waals surface area (Å²) in [5.41, 5.74) is 1.54.